The first kappa shape index (κ1) is 20.8. The highest BCUT2D eigenvalue weighted by Gasteiger charge is 2.27. The van der Waals surface area contributed by atoms with Crippen molar-refractivity contribution < 1.29 is 32.7 Å². The molecule has 7 nitrogen and oxygen atoms in total. The van der Waals surface area contributed by atoms with E-state index in [2.05, 4.69) is 6.58 Å². The molecule has 0 fully saturated rings. The van der Waals surface area contributed by atoms with Crippen LogP contribution in [0.1, 0.15) is 41.5 Å². The van der Waals surface area contributed by atoms with Gasteiger partial charge in [-0.05, 0) is 41.5 Å². The van der Waals surface area contributed by atoms with Crippen molar-refractivity contribution in [2.75, 3.05) is 13.6 Å². The zero-order valence-corrected chi connectivity index (χ0v) is 14.9. The number of carbonyl (C=O) groups excluding carboxylic acids is 2. The van der Waals surface area contributed by atoms with Gasteiger partial charge in [-0.25, -0.2) is 0 Å². The van der Waals surface area contributed by atoms with E-state index in [0.29, 0.717) is 0 Å². The van der Waals surface area contributed by atoms with Gasteiger partial charge in [0.15, 0.2) is 0 Å². The van der Waals surface area contributed by atoms with Gasteiger partial charge in [-0.3, -0.25) is 23.2 Å². The van der Waals surface area contributed by atoms with Crippen LogP contribution < -0.4 is 0 Å². The Labute approximate surface area is 131 Å². The molecule has 22 heavy (non-hydrogen) atoms. The highest BCUT2D eigenvalue weighted by molar-refractivity contribution is 7.57. The van der Waals surface area contributed by atoms with Crippen molar-refractivity contribution in [1.82, 2.24) is 0 Å². The molecule has 0 aromatic carbocycles. The van der Waals surface area contributed by atoms with Gasteiger partial charge in [-0.1, -0.05) is 6.58 Å². The minimum Gasteiger partial charge on any atom is -0.438 e. The Morgan fingerprint density at radius 1 is 0.909 bits per heavy atom. The molecule has 0 bridgehead atoms. The van der Waals surface area contributed by atoms with Crippen molar-refractivity contribution in [2.45, 2.75) is 41.5 Å². The average molecular weight is 336 g/mol. The number of ether oxygens (including phenoxy) is 2. The van der Waals surface area contributed by atoms with Crippen LogP contribution >= 0.6 is 7.60 Å². The first-order chi connectivity index (χ1) is 9.82. The van der Waals surface area contributed by atoms with E-state index in [9.17, 15) is 14.2 Å². The SMILES string of the molecule is C=CP(=O)(OCOC(=O)C(C)(C)C)OCOC(=O)C(C)(C)C. The molecular weight excluding hydrogens is 311 g/mol. The predicted octanol–water partition coefficient (Wildman–Crippen LogP) is 3.45. The van der Waals surface area contributed by atoms with E-state index >= 15 is 0 Å². The van der Waals surface area contributed by atoms with Gasteiger partial charge in [0.2, 0.25) is 13.6 Å². The predicted molar refractivity (Wildman–Crippen MR) is 80.8 cm³/mol. The van der Waals surface area contributed by atoms with Gasteiger partial charge < -0.3 is 9.47 Å². The lowest BCUT2D eigenvalue weighted by atomic mass is 9.98. The van der Waals surface area contributed by atoms with Crippen LogP contribution in [0.15, 0.2) is 12.4 Å². The second kappa shape index (κ2) is 7.90. The largest absolute Gasteiger partial charge is 0.438 e. The lowest BCUT2D eigenvalue weighted by molar-refractivity contribution is -0.161. The zero-order valence-electron chi connectivity index (χ0n) is 14.0. The summed E-state index contributed by atoms with van der Waals surface area (Å²) in [5, 5.41) is 0. The summed E-state index contributed by atoms with van der Waals surface area (Å²) in [7, 11) is -3.71. The Balaban J connectivity index is 4.32. The number of carbonyl (C=O) groups is 2. The third kappa shape index (κ3) is 7.73. The molecule has 0 aliphatic heterocycles. The number of rotatable bonds is 7. The monoisotopic (exact) mass is 336 g/mol. The van der Waals surface area contributed by atoms with Crippen LogP contribution in [0.3, 0.4) is 0 Å². The third-order valence-electron chi connectivity index (χ3n) is 2.29. The normalized spacial score (nSPS) is 12.6. The van der Waals surface area contributed by atoms with Crippen molar-refractivity contribution in [3.05, 3.63) is 12.4 Å². The molecule has 0 radical (unpaired) electrons. The van der Waals surface area contributed by atoms with Crippen LogP contribution in [0.4, 0.5) is 0 Å². The molecule has 128 valence electrons. The van der Waals surface area contributed by atoms with Gasteiger partial charge in [0.1, 0.15) is 0 Å². The maximum Gasteiger partial charge on any atom is 0.359 e. The van der Waals surface area contributed by atoms with E-state index in [0.717, 1.165) is 5.82 Å². The maximum atomic E-state index is 12.1. The van der Waals surface area contributed by atoms with Crippen LogP contribution in [0.25, 0.3) is 0 Å². The fourth-order valence-electron chi connectivity index (χ4n) is 0.882. The summed E-state index contributed by atoms with van der Waals surface area (Å²) in [6.45, 7) is 12.3. The highest BCUT2D eigenvalue weighted by Crippen LogP contribution is 2.49. The van der Waals surface area contributed by atoms with E-state index in [1.54, 1.807) is 41.5 Å². The highest BCUT2D eigenvalue weighted by atomic mass is 31.2. The molecule has 0 spiro atoms. The average Bonchev–Trinajstić information content (AvgIpc) is 2.36. The van der Waals surface area contributed by atoms with Gasteiger partial charge in [-0.15, -0.1) is 0 Å². The molecule has 0 unspecified atom stereocenters. The standard InChI is InChI=1S/C14H25O7P/c1-8-22(17,20-9-18-11(15)13(2,3)4)21-10-19-12(16)14(5,6)7/h8H,1,9-10H2,2-7H3. The van der Waals surface area contributed by atoms with Crippen LogP contribution in [0.2, 0.25) is 0 Å². The second-order valence-electron chi connectivity index (χ2n) is 6.58. The minimum atomic E-state index is -3.71. The molecule has 0 rings (SSSR count). The van der Waals surface area contributed by atoms with Crippen LogP contribution in [0.5, 0.6) is 0 Å². The van der Waals surface area contributed by atoms with Crippen molar-refractivity contribution in [3.8, 4) is 0 Å². The molecule has 0 aliphatic rings. The van der Waals surface area contributed by atoms with E-state index in [1.165, 1.54) is 0 Å². The summed E-state index contributed by atoms with van der Waals surface area (Å²) in [6.07, 6.45) is 0. The summed E-state index contributed by atoms with van der Waals surface area (Å²) in [4.78, 5) is 23.0. The second-order valence-corrected chi connectivity index (χ2v) is 8.54. The van der Waals surface area contributed by atoms with Gasteiger partial charge in [-0.2, -0.15) is 0 Å². The fourth-order valence-corrected chi connectivity index (χ4v) is 1.57. The van der Waals surface area contributed by atoms with E-state index in [4.69, 9.17) is 18.5 Å². The van der Waals surface area contributed by atoms with Crippen LogP contribution in [-0.4, -0.2) is 25.5 Å². The summed E-state index contributed by atoms with van der Waals surface area (Å²) >= 11 is 0. The van der Waals surface area contributed by atoms with Gasteiger partial charge in [0, 0.05) is 5.82 Å². The van der Waals surface area contributed by atoms with Gasteiger partial charge >= 0.3 is 19.5 Å². The van der Waals surface area contributed by atoms with Crippen molar-refractivity contribution in [2.24, 2.45) is 10.8 Å². The zero-order chi connectivity index (χ0) is 17.6. The molecule has 0 aromatic rings. The number of esters is 2. The van der Waals surface area contributed by atoms with E-state index in [1.807, 2.05) is 0 Å². The van der Waals surface area contributed by atoms with E-state index in [-0.39, 0.29) is 0 Å². The number of hydrogen-bond acceptors (Lipinski definition) is 7. The van der Waals surface area contributed by atoms with Crippen LogP contribution in [-0.2, 0) is 32.7 Å². The Kier molecular flexibility index (Phi) is 7.48. The summed E-state index contributed by atoms with van der Waals surface area (Å²) in [6, 6.07) is 0. The molecule has 0 heterocycles. The molecule has 0 N–H and O–H groups in total. The minimum absolute atomic E-state index is 0.512. The molecule has 0 saturated carbocycles. The van der Waals surface area contributed by atoms with Gasteiger partial charge in [0.05, 0.1) is 10.8 Å². The first-order valence-corrected chi connectivity index (χ1v) is 8.30. The van der Waals surface area contributed by atoms with E-state index < -0.39 is 44.0 Å². The van der Waals surface area contributed by atoms with Crippen molar-refractivity contribution in [1.29, 1.82) is 0 Å². The molecular formula is C14H25O7P. The maximum absolute atomic E-state index is 12.1. The molecule has 0 saturated heterocycles. The Bertz CT molecular complexity index is 421. The van der Waals surface area contributed by atoms with Crippen molar-refractivity contribution >= 4 is 19.5 Å². The summed E-state index contributed by atoms with van der Waals surface area (Å²) in [5.74, 6) is -0.0763. The first-order valence-electron chi connectivity index (χ1n) is 6.69. The smallest absolute Gasteiger partial charge is 0.359 e. The van der Waals surface area contributed by atoms with Crippen LogP contribution in [0, 0.1) is 10.8 Å². The lowest BCUT2D eigenvalue weighted by Gasteiger charge is -2.20. The third-order valence-corrected chi connectivity index (χ3v) is 3.67. The van der Waals surface area contributed by atoms with Crippen molar-refractivity contribution in [3.63, 3.8) is 0 Å². The lowest BCUT2D eigenvalue weighted by Crippen LogP contribution is -2.24. The molecule has 8 heteroatoms. The molecule has 0 aromatic heterocycles. The number of hydrogen-bond donors (Lipinski definition) is 0. The Morgan fingerprint density at radius 3 is 1.45 bits per heavy atom. The summed E-state index contributed by atoms with van der Waals surface area (Å²) < 4.78 is 31.5. The topological polar surface area (TPSA) is 88.1 Å². The molecule has 0 aliphatic carbocycles. The quantitative estimate of drug-likeness (QED) is 0.399. The van der Waals surface area contributed by atoms with Gasteiger partial charge in [0.25, 0.3) is 0 Å². The summed E-state index contributed by atoms with van der Waals surface area (Å²) in [5.41, 5.74) is -1.41. The fraction of sp³-hybridized carbons (Fsp3) is 0.714. The Hall–Kier alpha value is -1.17. The molecule has 0 atom stereocenters. The molecule has 0 amide bonds. The Morgan fingerprint density at radius 2 is 1.23 bits per heavy atom.